The lowest BCUT2D eigenvalue weighted by molar-refractivity contribution is -0.134. The van der Waals surface area contributed by atoms with Gasteiger partial charge in [-0.05, 0) is 13.3 Å². The van der Waals surface area contributed by atoms with Crippen molar-refractivity contribution in [1.29, 1.82) is 0 Å². The number of carbonyl (C=O) groups excluding carboxylic acids is 2. The highest BCUT2D eigenvalue weighted by Crippen LogP contribution is 1.99. The third kappa shape index (κ3) is 3.81. The first-order valence-corrected chi connectivity index (χ1v) is 5.88. The SMILES string of the molecule is CCC(C)NCC(=O)N1CCN(C=O)CC1. The summed E-state index contributed by atoms with van der Waals surface area (Å²) in [6.07, 6.45) is 1.87. The maximum atomic E-state index is 11.8. The van der Waals surface area contributed by atoms with E-state index in [4.69, 9.17) is 0 Å². The molecule has 1 fully saturated rings. The van der Waals surface area contributed by atoms with Crippen LogP contribution in [0, 0.1) is 0 Å². The Balaban J connectivity index is 2.25. The van der Waals surface area contributed by atoms with E-state index in [0.29, 0.717) is 38.8 Å². The van der Waals surface area contributed by atoms with Crippen molar-refractivity contribution in [3.8, 4) is 0 Å². The zero-order valence-corrected chi connectivity index (χ0v) is 10.1. The van der Waals surface area contributed by atoms with Gasteiger partial charge in [-0.25, -0.2) is 0 Å². The maximum absolute atomic E-state index is 11.8. The minimum Gasteiger partial charge on any atom is -0.342 e. The van der Waals surface area contributed by atoms with E-state index in [1.54, 1.807) is 4.90 Å². The van der Waals surface area contributed by atoms with Gasteiger partial charge >= 0.3 is 0 Å². The molecule has 0 aromatic heterocycles. The highest BCUT2D eigenvalue weighted by molar-refractivity contribution is 5.78. The number of hydrogen-bond acceptors (Lipinski definition) is 3. The molecule has 0 saturated carbocycles. The molecule has 2 amide bonds. The van der Waals surface area contributed by atoms with Crippen LogP contribution < -0.4 is 5.32 Å². The van der Waals surface area contributed by atoms with Gasteiger partial charge in [0.25, 0.3) is 0 Å². The topological polar surface area (TPSA) is 52.7 Å². The van der Waals surface area contributed by atoms with Gasteiger partial charge in [0, 0.05) is 32.2 Å². The zero-order chi connectivity index (χ0) is 12.0. The molecule has 0 radical (unpaired) electrons. The Morgan fingerprint density at radius 2 is 2.00 bits per heavy atom. The average molecular weight is 227 g/mol. The van der Waals surface area contributed by atoms with E-state index in [9.17, 15) is 9.59 Å². The normalized spacial score (nSPS) is 18.4. The molecule has 0 aromatic rings. The van der Waals surface area contributed by atoms with Gasteiger partial charge in [-0.2, -0.15) is 0 Å². The summed E-state index contributed by atoms with van der Waals surface area (Å²) in [4.78, 5) is 25.8. The van der Waals surface area contributed by atoms with Crippen LogP contribution in [-0.4, -0.2) is 60.9 Å². The molecule has 0 spiro atoms. The van der Waals surface area contributed by atoms with E-state index in [2.05, 4.69) is 19.2 Å². The van der Waals surface area contributed by atoms with Crippen LogP contribution in [0.3, 0.4) is 0 Å². The van der Waals surface area contributed by atoms with Gasteiger partial charge in [0.05, 0.1) is 6.54 Å². The van der Waals surface area contributed by atoms with Gasteiger partial charge in [-0.1, -0.05) is 6.92 Å². The van der Waals surface area contributed by atoms with Crippen molar-refractivity contribution in [2.45, 2.75) is 26.3 Å². The Morgan fingerprint density at radius 1 is 1.38 bits per heavy atom. The molecule has 1 aliphatic rings. The maximum Gasteiger partial charge on any atom is 0.236 e. The fourth-order valence-corrected chi connectivity index (χ4v) is 1.59. The van der Waals surface area contributed by atoms with Crippen LogP contribution >= 0.6 is 0 Å². The molecule has 1 rings (SSSR count). The van der Waals surface area contributed by atoms with Crippen LogP contribution in [0.25, 0.3) is 0 Å². The van der Waals surface area contributed by atoms with Crippen LogP contribution in [0.1, 0.15) is 20.3 Å². The molecule has 0 aromatic carbocycles. The summed E-state index contributed by atoms with van der Waals surface area (Å²) < 4.78 is 0. The van der Waals surface area contributed by atoms with Gasteiger partial charge in [-0.15, -0.1) is 0 Å². The molecule has 1 atom stereocenters. The average Bonchev–Trinajstić information content (AvgIpc) is 2.35. The standard InChI is InChI=1S/C11H21N3O2/c1-3-10(2)12-8-11(16)14-6-4-13(9-15)5-7-14/h9-10,12H,3-8H2,1-2H3. The highest BCUT2D eigenvalue weighted by Gasteiger charge is 2.19. The van der Waals surface area contributed by atoms with E-state index in [-0.39, 0.29) is 5.91 Å². The number of amides is 2. The molecule has 0 aliphatic carbocycles. The lowest BCUT2D eigenvalue weighted by atomic mass is 10.2. The van der Waals surface area contributed by atoms with E-state index in [1.807, 2.05) is 4.90 Å². The van der Waals surface area contributed by atoms with Gasteiger partial charge < -0.3 is 15.1 Å². The number of carbonyl (C=O) groups is 2. The lowest BCUT2D eigenvalue weighted by Crippen LogP contribution is -2.50. The van der Waals surface area contributed by atoms with Gasteiger partial charge in [0.1, 0.15) is 0 Å². The summed E-state index contributed by atoms with van der Waals surface area (Å²) in [5.41, 5.74) is 0. The quantitative estimate of drug-likeness (QED) is 0.655. The van der Waals surface area contributed by atoms with Crippen molar-refractivity contribution in [2.24, 2.45) is 0 Å². The molecule has 1 N–H and O–H groups in total. The fourth-order valence-electron chi connectivity index (χ4n) is 1.59. The van der Waals surface area contributed by atoms with Crippen molar-refractivity contribution < 1.29 is 9.59 Å². The second-order valence-corrected chi connectivity index (χ2v) is 4.21. The Bertz CT molecular complexity index is 237. The summed E-state index contributed by atoms with van der Waals surface area (Å²) in [6.45, 7) is 7.16. The second kappa shape index (κ2) is 6.48. The minimum atomic E-state index is 0.130. The molecule has 1 unspecified atom stereocenters. The monoisotopic (exact) mass is 227 g/mol. The van der Waals surface area contributed by atoms with E-state index in [1.165, 1.54) is 0 Å². The summed E-state index contributed by atoms with van der Waals surface area (Å²) >= 11 is 0. The Kier molecular flexibility index (Phi) is 5.25. The largest absolute Gasteiger partial charge is 0.342 e. The molecule has 16 heavy (non-hydrogen) atoms. The van der Waals surface area contributed by atoms with Crippen LogP contribution in [0.2, 0.25) is 0 Å². The first-order chi connectivity index (χ1) is 7.67. The van der Waals surface area contributed by atoms with E-state index in [0.717, 1.165) is 12.8 Å². The first kappa shape index (κ1) is 13.0. The number of hydrogen-bond donors (Lipinski definition) is 1. The van der Waals surface area contributed by atoms with E-state index >= 15 is 0 Å². The van der Waals surface area contributed by atoms with Crippen LogP contribution in [0.15, 0.2) is 0 Å². The molecular weight excluding hydrogens is 206 g/mol. The Hall–Kier alpha value is -1.10. The molecule has 5 heteroatoms. The number of rotatable bonds is 5. The summed E-state index contributed by atoms with van der Waals surface area (Å²) in [5, 5.41) is 3.18. The van der Waals surface area contributed by atoms with Crippen molar-refractivity contribution in [3.63, 3.8) is 0 Å². The van der Waals surface area contributed by atoms with Crippen molar-refractivity contribution in [2.75, 3.05) is 32.7 Å². The molecule has 0 bridgehead atoms. The smallest absolute Gasteiger partial charge is 0.236 e. The molecule has 1 saturated heterocycles. The van der Waals surface area contributed by atoms with Crippen LogP contribution in [-0.2, 0) is 9.59 Å². The number of piperazine rings is 1. The van der Waals surface area contributed by atoms with Gasteiger partial charge in [0.2, 0.25) is 12.3 Å². The number of nitrogens with zero attached hydrogens (tertiary/aromatic N) is 2. The Morgan fingerprint density at radius 3 is 2.50 bits per heavy atom. The van der Waals surface area contributed by atoms with E-state index < -0.39 is 0 Å². The molecule has 5 nitrogen and oxygen atoms in total. The molecular formula is C11H21N3O2. The van der Waals surface area contributed by atoms with Crippen molar-refractivity contribution >= 4 is 12.3 Å². The molecule has 92 valence electrons. The van der Waals surface area contributed by atoms with Crippen LogP contribution in [0.5, 0.6) is 0 Å². The third-order valence-corrected chi connectivity index (χ3v) is 3.03. The van der Waals surface area contributed by atoms with Crippen LogP contribution in [0.4, 0.5) is 0 Å². The predicted molar refractivity (Wildman–Crippen MR) is 62.0 cm³/mol. The van der Waals surface area contributed by atoms with Crippen molar-refractivity contribution in [3.05, 3.63) is 0 Å². The minimum absolute atomic E-state index is 0.130. The zero-order valence-electron chi connectivity index (χ0n) is 10.1. The Labute approximate surface area is 96.8 Å². The van der Waals surface area contributed by atoms with Gasteiger partial charge in [-0.3, -0.25) is 9.59 Å². The fraction of sp³-hybridized carbons (Fsp3) is 0.818. The summed E-state index contributed by atoms with van der Waals surface area (Å²) in [6, 6.07) is 0.375. The van der Waals surface area contributed by atoms with Crippen molar-refractivity contribution in [1.82, 2.24) is 15.1 Å². The highest BCUT2D eigenvalue weighted by atomic mass is 16.2. The van der Waals surface area contributed by atoms with Gasteiger partial charge in [0.15, 0.2) is 0 Å². The molecule has 1 heterocycles. The number of nitrogens with one attached hydrogen (secondary N) is 1. The lowest BCUT2D eigenvalue weighted by Gasteiger charge is -2.32. The summed E-state index contributed by atoms with van der Waals surface area (Å²) in [7, 11) is 0. The predicted octanol–water partition coefficient (Wildman–Crippen LogP) is -0.325. The second-order valence-electron chi connectivity index (χ2n) is 4.21. The molecule has 1 aliphatic heterocycles. The first-order valence-electron chi connectivity index (χ1n) is 5.88. The summed E-state index contributed by atoms with van der Waals surface area (Å²) in [5.74, 6) is 0.130. The third-order valence-electron chi connectivity index (χ3n) is 3.03.